The van der Waals surface area contributed by atoms with Crippen LogP contribution in [0.5, 0.6) is 0 Å². The Hall–Kier alpha value is -2.07. The molecule has 2 unspecified atom stereocenters. The second-order valence-corrected chi connectivity index (χ2v) is 13.2. The molecule has 0 bridgehead atoms. The molecule has 0 saturated heterocycles. The number of allylic oxidation sites excluding steroid dienone is 1. The van der Waals surface area contributed by atoms with Crippen molar-refractivity contribution in [3.63, 3.8) is 0 Å². The summed E-state index contributed by atoms with van der Waals surface area (Å²) < 4.78 is 2.32. The van der Waals surface area contributed by atoms with E-state index in [2.05, 4.69) is 104 Å². The summed E-state index contributed by atoms with van der Waals surface area (Å²) >= 11 is -0.858. The van der Waals surface area contributed by atoms with E-state index in [1.54, 1.807) is 25.3 Å². The third-order valence-corrected chi connectivity index (χ3v) is 12.6. The summed E-state index contributed by atoms with van der Waals surface area (Å²) in [4.78, 5) is 0. The Kier molecular flexibility index (Phi) is 5.14. The Morgan fingerprint density at radius 1 is 0.710 bits per heavy atom. The van der Waals surface area contributed by atoms with Gasteiger partial charge in [-0.1, -0.05) is 0 Å². The molecule has 2 heteroatoms. The van der Waals surface area contributed by atoms with Crippen molar-refractivity contribution >= 4 is 22.5 Å². The summed E-state index contributed by atoms with van der Waals surface area (Å²) in [5.74, 6) is 0. The first-order chi connectivity index (χ1) is 15.3. The molecule has 0 fully saturated rings. The Bertz CT molecular complexity index is 1320. The SMILES string of the molecule is CC1=C(Pc2ccccc2)c2ccccc2[CH]1[Zr][c]1cccc2c1Cc1ccccc1-2. The molecule has 0 heterocycles. The molecular weight excluding hydrogens is 471 g/mol. The number of rotatable bonds is 4. The average molecular weight is 494 g/mol. The maximum absolute atomic E-state index is 2.43. The monoisotopic (exact) mass is 492 g/mol. The van der Waals surface area contributed by atoms with Crippen LogP contribution in [0.25, 0.3) is 16.4 Å². The quantitative estimate of drug-likeness (QED) is 0.252. The van der Waals surface area contributed by atoms with Gasteiger partial charge in [-0.05, 0) is 0 Å². The van der Waals surface area contributed by atoms with Gasteiger partial charge in [-0.15, -0.1) is 0 Å². The number of hydrogen-bond donors (Lipinski definition) is 0. The summed E-state index contributed by atoms with van der Waals surface area (Å²) in [6, 6.07) is 36.2. The van der Waals surface area contributed by atoms with Gasteiger partial charge in [-0.25, -0.2) is 0 Å². The summed E-state index contributed by atoms with van der Waals surface area (Å²) in [5, 5.41) is 3.03. The number of fused-ring (bicyclic) bond motifs is 4. The van der Waals surface area contributed by atoms with Crippen molar-refractivity contribution in [2.45, 2.75) is 17.0 Å². The van der Waals surface area contributed by atoms with Crippen LogP contribution in [0.4, 0.5) is 0 Å². The Labute approximate surface area is 197 Å². The van der Waals surface area contributed by atoms with Gasteiger partial charge in [0.1, 0.15) is 0 Å². The van der Waals surface area contributed by atoms with Gasteiger partial charge >= 0.3 is 199 Å². The summed E-state index contributed by atoms with van der Waals surface area (Å²) in [5.41, 5.74) is 10.7. The van der Waals surface area contributed by atoms with Crippen molar-refractivity contribution in [3.05, 3.63) is 125 Å². The Morgan fingerprint density at radius 3 is 2.29 bits per heavy atom. The zero-order valence-corrected chi connectivity index (χ0v) is 21.0. The van der Waals surface area contributed by atoms with Gasteiger partial charge < -0.3 is 0 Å². The van der Waals surface area contributed by atoms with Crippen molar-refractivity contribution in [1.82, 2.24) is 0 Å². The van der Waals surface area contributed by atoms with Gasteiger partial charge in [0.25, 0.3) is 0 Å². The normalized spacial score (nSPS) is 16.5. The number of benzene rings is 4. The van der Waals surface area contributed by atoms with E-state index in [0.29, 0.717) is 3.63 Å². The first-order valence-corrected chi connectivity index (χ1v) is 14.5. The molecule has 0 aromatic heterocycles. The van der Waals surface area contributed by atoms with Gasteiger partial charge in [0, 0.05) is 0 Å². The van der Waals surface area contributed by atoms with Crippen LogP contribution >= 0.6 is 8.58 Å². The molecule has 0 spiro atoms. The van der Waals surface area contributed by atoms with E-state index in [1.165, 1.54) is 27.6 Å². The Morgan fingerprint density at radius 2 is 1.42 bits per heavy atom. The molecule has 2 atom stereocenters. The van der Waals surface area contributed by atoms with Gasteiger partial charge in [-0.2, -0.15) is 0 Å². The molecule has 4 aromatic rings. The predicted molar refractivity (Wildman–Crippen MR) is 130 cm³/mol. The van der Waals surface area contributed by atoms with E-state index in [9.17, 15) is 0 Å². The van der Waals surface area contributed by atoms with Crippen molar-refractivity contribution in [2.75, 3.05) is 0 Å². The zero-order valence-electron chi connectivity index (χ0n) is 17.5. The van der Waals surface area contributed by atoms with E-state index in [-0.39, 0.29) is 0 Å². The fraction of sp³-hybridized carbons (Fsp3) is 0.103. The molecule has 2 aliphatic carbocycles. The van der Waals surface area contributed by atoms with Crippen LogP contribution in [0, 0.1) is 0 Å². The van der Waals surface area contributed by atoms with Crippen LogP contribution in [0.15, 0.2) is 103 Å². The van der Waals surface area contributed by atoms with Crippen molar-refractivity contribution in [2.24, 2.45) is 0 Å². The van der Waals surface area contributed by atoms with Crippen LogP contribution in [0.1, 0.15) is 32.8 Å². The van der Waals surface area contributed by atoms with Crippen LogP contribution in [0.3, 0.4) is 0 Å². The molecule has 0 amide bonds. The maximum atomic E-state index is 2.43. The minimum atomic E-state index is -0.858. The molecule has 0 saturated carbocycles. The van der Waals surface area contributed by atoms with E-state index in [4.69, 9.17) is 0 Å². The molecule has 148 valence electrons. The predicted octanol–water partition coefficient (Wildman–Crippen LogP) is 6.46. The fourth-order valence-corrected chi connectivity index (χ4v) is 10.8. The second kappa shape index (κ2) is 8.13. The second-order valence-electron chi connectivity index (χ2n) is 8.38. The molecule has 0 N–H and O–H groups in total. The van der Waals surface area contributed by atoms with E-state index in [1.807, 2.05) is 0 Å². The van der Waals surface area contributed by atoms with E-state index >= 15 is 0 Å². The third kappa shape index (κ3) is 3.44. The minimum absolute atomic E-state index is 0.640. The van der Waals surface area contributed by atoms with Gasteiger partial charge in [0.05, 0.1) is 0 Å². The average Bonchev–Trinajstić information content (AvgIpc) is 3.32. The first kappa shape index (κ1) is 19.6. The molecule has 0 nitrogen and oxygen atoms in total. The van der Waals surface area contributed by atoms with Crippen molar-refractivity contribution in [1.29, 1.82) is 0 Å². The van der Waals surface area contributed by atoms with Crippen LogP contribution < -0.4 is 8.58 Å². The summed E-state index contributed by atoms with van der Waals surface area (Å²) in [6.45, 7) is 2.41. The molecule has 2 aliphatic rings. The number of hydrogen-bond acceptors (Lipinski definition) is 0. The molecular formula is C29H23PZr. The van der Waals surface area contributed by atoms with Crippen LogP contribution in [0.2, 0.25) is 0 Å². The topological polar surface area (TPSA) is 0 Å². The van der Waals surface area contributed by atoms with Gasteiger partial charge in [0.2, 0.25) is 0 Å². The molecule has 6 rings (SSSR count). The molecule has 0 aliphatic heterocycles. The Balaban J connectivity index is 1.39. The van der Waals surface area contributed by atoms with E-state index in [0.717, 1.165) is 15.0 Å². The van der Waals surface area contributed by atoms with E-state index < -0.39 is 23.2 Å². The third-order valence-electron chi connectivity index (χ3n) is 6.56. The van der Waals surface area contributed by atoms with Gasteiger partial charge in [0.15, 0.2) is 0 Å². The summed E-state index contributed by atoms with van der Waals surface area (Å²) in [6.07, 6.45) is 1.11. The molecule has 31 heavy (non-hydrogen) atoms. The molecule has 0 radical (unpaired) electrons. The zero-order chi connectivity index (χ0) is 20.8. The standard InChI is InChI=1S/C16H14P.C13H9.Zr/c1-12-11-13-7-5-6-10-15(13)16(12)17-14-8-3-2-4-9-14;1-3-7-12-10(5-1)9-11-6-2-4-8-13(11)12;/h2-11,17H,1H3;1-5,7-8H,9H2;. The van der Waals surface area contributed by atoms with Crippen LogP contribution in [-0.4, -0.2) is 0 Å². The first-order valence-electron chi connectivity index (χ1n) is 10.9. The van der Waals surface area contributed by atoms with Crippen LogP contribution in [-0.2, 0) is 29.7 Å². The molecule has 4 aromatic carbocycles. The van der Waals surface area contributed by atoms with Gasteiger partial charge in [-0.3, -0.25) is 0 Å². The van der Waals surface area contributed by atoms with Crippen molar-refractivity contribution in [3.8, 4) is 11.1 Å². The summed E-state index contributed by atoms with van der Waals surface area (Å²) in [7, 11) is 0.740. The fourth-order valence-electron chi connectivity index (χ4n) is 5.03. The van der Waals surface area contributed by atoms with Crippen molar-refractivity contribution < 1.29 is 23.2 Å².